The van der Waals surface area contributed by atoms with E-state index in [1.807, 2.05) is 6.20 Å². The van der Waals surface area contributed by atoms with Crippen LogP contribution in [-0.2, 0) is 9.31 Å². The van der Waals surface area contributed by atoms with Crippen LogP contribution in [0.5, 0.6) is 0 Å². The van der Waals surface area contributed by atoms with Crippen LogP contribution in [0.15, 0.2) is 30.5 Å². The second kappa shape index (κ2) is 4.81. The van der Waals surface area contributed by atoms with Crippen LogP contribution >= 0.6 is 0 Å². The normalized spacial score (nSPS) is 28.3. The van der Waals surface area contributed by atoms with Gasteiger partial charge in [-0.2, -0.15) is 0 Å². The molecule has 1 aromatic heterocycles. The van der Waals surface area contributed by atoms with Gasteiger partial charge < -0.3 is 9.31 Å². The van der Waals surface area contributed by atoms with Crippen LogP contribution in [0, 0.1) is 5.92 Å². The van der Waals surface area contributed by atoms with Gasteiger partial charge in [0, 0.05) is 17.8 Å². The lowest BCUT2D eigenvalue weighted by atomic mass is 9.78. The fourth-order valence-electron chi connectivity index (χ4n) is 3.24. The predicted octanol–water partition coefficient (Wildman–Crippen LogP) is 3.66. The average Bonchev–Trinajstić information content (AvgIpc) is 3.16. The highest BCUT2D eigenvalue weighted by molar-refractivity contribution is 6.62. The number of aromatic nitrogens is 1. The van der Waals surface area contributed by atoms with E-state index >= 15 is 0 Å². The Morgan fingerprint density at radius 3 is 2.30 bits per heavy atom. The number of hydrogen-bond acceptors (Lipinski definition) is 3. The van der Waals surface area contributed by atoms with E-state index in [0.29, 0.717) is 5.92 Å². The van der Waals surface area contributed by atoms with Gasteiger partial charge in [0.15, 0.2) is 0 Å². The minimum atomic E-state index is -0.306. The third kappa shape index (κ3) is 2.49. The molecule has 0 unspecified atom stereocenters. The molecule has 0 spiro atoms. The van der Waals surface area contributed by atoms with Gasteiger partial charge in [-0.05, 0) is 62.3 Å². The van der Waals surface area contributed by atoms with Crippen LogP contribution in [0.3, 0.4) is 0 Å². The SMILES string of the molecule is C[C@H]1C[C@H]1c1cc2cc(B3OC(C)(C)C(C)(C)O3)ccc2cn1. The maximum atomic E-state index is 6.17. The van der Waals surface area contributed by atoms with Gasteiger partial charge in [0.1, 0.15) is 0 Å². The van der Waals surface area contributed by atoms with E-state index in [1.54, 1.807) is 0 Å². The van der Waals surface area contributed by atoms with Crippen molar-refractivity contribution in [2.75, 3.05) is 0 Å². The quantitative estimate of drug-likeness (QED) is 0.793. The largest absolute Gasteiger partial charge is 0.494 e. The monoisotopic (exact) mass is 309 g/mol. The van der Waals surface area contributed by atoms with Crippen molar-refractivity contribution >= 4 is 23.4 Å². The van der Waals surface area contributed by atoms with Crippen molar-refractivity contribution in [2.45, 2.75) is 58.2 Å². The topological polar surface area (TPSA) is 31.4 Å². The van der Waals surface area contributed by atoms with Crippen molar-refractivity contribution in [3.63, 3.8) is 0 Å². The molecule has 1 saturated carbocycles. The molecule has 3 nitrogen and oxygen atoms in total. The Morgan fingerprint density at radius 1 is 1.04 bits per heavy atom. The first-order valence-electron chi connectivity index (χ1n) is 8.52. The van der Waals surface area contributed by atoms with E-state index in [4.69, 9.17) is 9.31 Å². The molecule has 0 radical (unpaired) electrons. The molecule has 1 aliphatic heterocycles. The van der Waals surface area contributed by atoms with Crippen LogP contribution in [0.25, 0.3) is 10.8 Å². The van der Waals surface area contributed by atoms with Gasteiger partial charge in [0.05, 0.1) is 11.2 Å². The van der Waals surface area contributed by atoms with E-state index < -0.39 is 0 Å². The number of fused-ring (bicyclic) bond motifs is 1. The molecular formula is C19H24BNO2. The van der Waals surface area contributed by atoms with Gasteiger partial charge in [-0.15, -0.1) is 0 Å². The van der Waals surface area contributed by atoms with E-state index in [0.717, 1.165) is 11.4 Å². The minimum absolute atomic E-state index is 0.305. The van der Waals surface area contributed by atoms with Crippen LogP contribution in [0.2, 0.25) is 0 Å². The van der Waals surface area contributed by atoms with E-state index in [2.05, 4.69) is 63.9 Å². The molecule has 1 aromatic carbocycles. The van der Waals surface area contributed by atoms with Gasteiger partial charge >= 0.3 is 7.12 Å². The van der Waals surface area contributed by atoms with E-state index in [-0.39, 0.29) is 18.3 Å². The lowest BCUT2D eigenvalue weighted by molar-refractivity contribution is 0.00578. The lowest BCUT2D eigenvalue weighted by Crippen LogP contribution is -2.41. The molecule has 4 rings (SSSR count). The highest BCUT2D eigenvalue weighted by atomic mass is 16.7. The Kier molecular flexibility index (Phi) is 3.17. The number of pyridine rings is 1. The van der Waals surface area contributed by atoms with Crippen LogP contribution in [0.1, 0.15) is 52.7 Å². The summed E-state index contributed by atoms with van der Waals surface area (Å²) in [6.07, 6.45) is 3.25. The maximum absolute atomic E-state index is 6.17. The van der Waals surface area contributed by atoms with Crippen LogP contribution < -0.4 is 5.46 Å². The number of benzene rings is 1. The third-order valence-corrected chi connectivity index (χ3v) is 5.78. The first kappa shape index (κ1) is 15.2. The van der Waals surface area contributed by atoms with Gasteiger partial charge in [-0.3, -0.25) is 4.98 Å². The van der Waals surface area contributed by atoms with Gasteiger partial charge in [0.2, 0.25) is 0 Å². The minimum Gasteiger partial charge on any atom is -0.399 e. The maximum Gasteiger partial charge on any atom is 0.494 e. The van der Waals surface area contributed by atoms with Crippen molar-refractivity contribution in [3.05, 3.63) is 36.2 Å². The molecule has 2 aromatic rings. The Labute approximate surface area is 138 Å². The summed E-state index contributed by atoms with van der Waals surface area (Å²) >= 11 is 0. The summed E-state index contributed by atoms with van der Waals surface area (Å²) in [6, 6.07) is 8.63. The first-order valence-corrected chi connectivity index (χ1v) is 8.52. The second-order valence-electron chi connectivity index (χ2n) is 8.12. The van der Waals surface area contributed by atoms with E-state index in [1.165, 1.54) is 22.9 Å². The summed E-state index contributed by atoms with van der Waals surface area (Å²) in [4.78, 5) is 4.63. The molecule has 0 amide bonds. The predicted molar refractivity (Wildman–Crippen MR) is 94.0 cm³/mol. The highest BCUT2D eigenvalue weighted by Crippen LogP contribution is 2.46. The molecule has 0 bridgehead atoms. The Morgan fingerprint density at radius 2 is 1.70 bits per heavy atom. The average molecular weight is 309 g/mol. The Balaban J connectivity index is 1.69. The van der Waals surface area contributed by atoms with Crippen molar-refractivity contribution in [1.29, 1.82) is 0 Å². The zero-order valence-corrected chi connectivity index (χ0v) is 14.6. The lowest BCUT2D eigenvalue weighted by Gasteiger charge is -2.32. The highest BCUT2D eigenvalue weighted by Gasteiger charge is 2.51. The van der Waals surface area contributed by atoms with Gasteiger partial charge in [-0.1, -0.05) is 25.1 Å². The number of hydrogen-bond donors (Lipinski definition) is 0. The smallest absolute Gasteiger partial charge is 0.399 e. The molecule has 2 atom stereocenters. The van der Waals surface area contributed by atoms with Crippen molar-refractivity contribution in [2.24, 2.45) is 5.92 Å². The van der Waals surface area contributed by atoms with E-state index in [9.17, 15) is 0 Å². The molecular weight excluding hydrogens is 285 g/mol. The summed E-state index contributed by atoms with van der Waals surface area (Å²) in [7, 11) is -0.305. The summed E-state index contributed by atoms with van der Waals surface area (Å²) in [6.45, 7) is 10.6. The van der Waals surface area contributed by atoms with Crippen molar-refractivity contribution in [3.8, 4) is 0 Å². The Bertz CT molecular complexity index is 755. The van der Waals surface area contributed by atoms with Crippen LogP contribution in [0.4, 0.5) is 0 Å². The molecule has 4 heteroatoms. The molecule has 0 N–H and O–H groups in total. The standard InChI is InChI=1S/C19H24BNO2/c1-12-8-16(12)17-10-14-9-15(7-6-13(14)11-21-17)20-22-18(2,3)19(4,5)23-20/h6-7,9-12,16H,8H2,1-5H3/t12-,16+/m0/s1. The molecule has 2 fully saturated rings. The fraction of sp³-hybridized carbons (Fsp3) is 0.526. The molecule has 23 heavy (non-hydrogen) atoms. The molecule has 2 heterocycles. The van der Waals surface area contributed by atoms with Crippen LogP contribution in [-0.4, -0.2) is 23.3 Å². The number of rotatable bonds is 2. The second-order valence-corrected chi connectivity index (χ2v) is 8.12. The van der Waals surface area contributed by atoms with Gasteiger partial charge in [0.25, 0.3) is 0 Å². The molecule has 1 aliphatic carbocycles. The summed E-state index contributed by atoms with van der Waals surface area (Å²) in [5.74, 6) is 1.41. The van der Waals surface area contributed by atoms with Crippen molar-refractivity contribution < 1.29 is 9.31 Å². The zero-order valence-electron chi connectivity index (χ0n) is 14.6. The first-order chi connectivity index (χ1) is 10.8. The summed E-state index contributed by atoms with van der Waals surface area (Å²) in [5, 5.41) is 2.39. The number of nitrogens with zero attached hydrogens (tertiary/aromatic N) is 1. The molecule has 2 aliphatic rings. The third-order valence-electron chi connectivity index (χ3n) is 5.78. The molecule has 120 valence electrons. The zero-order chi connectivity index (χ0) is 16.4. The van der Waals surface area contributed by atoms with Gasteiger partial charge in [-0.25, -0.2) is 0 Å². The molecule has 1 saturated heterocycles. The fourth-order valence-corrected chi connectivity index (χ4v) is 3.24. The summed E-state index contributed by atoms with van der Waals surface area (Å²) in [5.41, 5.74) is 1.69. The Hall–Kier alpha value is -1.39. The summed E-state index contributed by atoms with van der Waals surface area (Å²) < 4.78 is 12.3. The van der Waals surface area contributed by atoms with Crippen molar-refractivity contribution in [1.82, 2.24) is 4.98 Å².